The van der Waals surface area contributed by atoms with Gasteiger partial charge < -0.3 is 5.32 Å². The summed E-state index contributed by atoms with van der Waals surface area (Å²) >= 11 is 1.36. The zero-order valence-corrected chi connectivity index (χ0v) is 14.9. The summed E-state index contributed by atoms with van der Waals surface area (Å²) < 4.78 is 26.4. The topological polar surface area (TPSA) is 110 Å². The third kappa shape index (κ3) is 4.40. The van der Waals surface area contributed by atoms with E-state index in [-0.39, 0.29) is 23.9 Å². The van der Waals surface area contributed by atoms with Crippen molar-refractivity contribution in [1.29, 1.82) is 0 Å². The highest BCUT2D eigenvalue weighted by Crippen LogP contribution is 2.25. The minimum atomic E-state index is -3.39. The Morgan fingerprint density at radius 1 is 1.32 bits per heavy atom. The van der Waals surface area contributed by atoms with Crippen molar-refractivity contribution in [1.82, 2.24) is 9.55 Å². The van der Waals surface area contributed by atoms with E-state index in [0.29, 0.717) is 22.3 Å². The Hall–Kier alpha value is -2.33. The Bertz CT molecular complexity index is 971. The Balaban J connectivity index is 1.72. The Labute approximate surface area is 148 Å². The molecule has 1 aromatic carbocycles. The monoisotopic (exact) mass is 380 g/mol. The number of rotatable bonds is 4. The van der Waals surface area contributed by atoms with Crippen LogP contribution in [-0.4, -0.2) is 35.9 Å². The maximum atomic E-state index is 12.5. The van der Waals surface area contributed by atoms with Gasteiger partial charge in [0.2, 0.25) is 15.9 Å². The molecule has 8 nitrogen and oxygen atoms in total. The lowest BCUT2D eigenvalue weighted by molar-refractivity contribution is -0.119. The normalized spacial score (nSPS) is 16.8. The van der Waals surface area contributed by atoms with Gasteiger partial charge in [-0.1, -0.05) is 17.8 Å². The predicted octanol–water partition coefficient (Wildman–Crippen LogP) is 0.975. The molecule has 1 aliphatic heterocycles. The van der Waals surface area contributed by atoms with Crippen LogP contribution in [-0.2, 0) is 21.4 Å². The number of thioether (sulfide) groups is 1. The lowest BCUT2D eigenvalue weighted by atomic mass is 10.1. The molecule has 0 saturated heterocycles. The van der Waals surface area contributed by atoms with Gasteiger partial charge in [0, 0.05) is 30.2 Å². The fourth-order valence-corrected chi connectivity index (χ4v) is 4.05. The van der Waals surface area contributed by atoms with Crippen molar-refractivity contribution in [2.45, 2.75) is 11.7 Å². The molecule has 0 bridgehead atoms. The maximum Gasteiger partial charge on any atom is 0.254 e. The molecule has 25 heavy (non-hydrogen) atoms. The van der Waals surface area contributed by atoms with Gasteiger partial charge in [0.15, 0.2) is 5.16 Å². The van der Waals surface area contributed by atoms with Gasteiger partial charge in [-0.2, -0.15) is 0 Å². The summed E-state index contributed by atoms with van der Waals surface area (Å²) in [6.07, 6.45) is 2.52. The van der Waals surface area contributed by atoms with Crippen LogP contribution in [0, 0.1) is 5.92 Å². The number of hydrogen-bond donors (Lipinski definition) is 2. The van der Waals surface area contributed by atoms with Crippen molar-refractivity contribution in [3.05, 3.63) is 46.9 Å². The summed E-state index contributed by atoms with van der Waals surface area (Å²) in [4.78, 5) is 28.5. The molecule has 0 fully saturated rings. The molecule has 0 saturated carbocycles. The fraction of sp³-hybridized carbons (Fsp3) is 0.267. The third-order valence-electron chi connectivity index (χ3n) is 3.52. The molecular formula is C15H16N4O4S2. The number of fused-ring (bicyclic) bond motifs is 1. The van der Waals surface area contributed by atoms with Crippen molar-refractivity contribution < 1.29 is 13.2 Å². The molecule has 2 N–H and O–H groups in total. The van der Waals surface area contributed by atoms with E-state index in [0.717, 1.165) is 6.26 Å². The molecular weight excluding hydrogens is 364 g/mol. The molecule has 2 heterocycles. The molecule has 3 rings (SSSR count). The van der Waals surface area contributed by atoms with E-state index < -0.39 is 10.0 Å². The van der Waals surface area contributed by atoms with Crippen molar-refractivity contribution in [2.24, 2.45) is 5.92 Å². The van der Waals surface area contributed by atoms with Crippen molar-refractivity contribution in [3.8, 4) is 0 Å². The SMILES string of the molecule is CS(=O)(=O)Nc1cccc(NC(=O)C2CSc3nccc(=O)n3C2)c1. The highest BCUT2D eigenvalue weighted by Gasteiger charge is 2.26. The zero-order chi connectivity index (χ0) is 18.0. The number of carbonyl (C=O) groups is 1. The van der Waals surface area contributed by atoms with Crippen LogP contribution < -0.4 is 15.6 Å². The standard InChI is InChI=1S/C15H16N4O4S2/c1-25(22,23)18-12-4-2-3-11(7-12)17-14(21)10-8-19-13(20)5-6-16-15(19)24-9-10/h2-7,10,18H,8-9H2,1H3,(H,17,21). The second kappa shape index (κ2) is 6.89. The summed E-state index contributed by atoms with van der Waals surface area (Å²) in [5.74, 6) is -0.0971. The average molecular weight is 380 g/mol. The minimum Gasteiger partial charge on any atom is -0.326 e. The average Bonchev–Trinajstić information content (AvgIpc) is 2.53. The van der Waals surface area contributed by atoms with E-state index in [4.69, 9.17) is 0 Å². The van der Waals surface area contributed by atoms with Gasteiger partial charge in [0.1, 0.15) is 0 Å². The molecule has 1 atom stereocenters. The zero-order valence-electron chi connectivity index (χ0n) is 13.3. The quantitative estimate of drug-likeness (QED) is 0.765. The number of amides is 1. The van der Waals surface area contributed by atoms with Crippen LogP contribution in [0.5, 0.6) is 0 Å². The number of benzene rings is 1. The van der Waals surface area contributed by atoms with Crippen LogP contribution in [0.15, 0.2) is 46.5 Å². The summed E-state index contributed by atoms with van der Waals surface area (Å²) in [6.45, 7) is 0.266. The minimum absolute atomic E-state index is 0.186. The van der Waals surface area contributed by atoms with Crippen LogP contribution in [0.4, 0.5) is 11.4 Å². The van der Waals surface area contributed by atoms with Gasteiger partial charge in [-0.25, -0.2) is 13.4 Å². The first-order chi connectivity index (χ1) is 11.8. The van der Waals surface area contributed by atoms with E-state index in [1.54, 1.807) is 18.2 Å². The molecule has 2 aromatic rings. The van der Waals surface area contributed by atoms with Gasteiger partial charge in [-0.05, 0) is 18.2 Å². The Kier molecular flexibility index (Phi) is 4.82. The molecule has 0 spiro atoms. The van der Waals surface area contributed by atoms with Gasteiger partial charge in [0.05, 0.1) is 17.9 Å². The first-order valence-electron chi connectivity index (χ1n) is 7.39. The van der Waals surface area contributed by atoms with Gasteiger partial charge in [0.25, 0.3) is 5.56 Å². The predicted molar refractivity (Wildman–Crippen MR) is 96.2 cm³/mol. The van der Waals surface area contributed by atoms with Gasteiger partial charge >= 0.3 is 0 Å². The van der Waals surface area contributed by atoms with Crippen molar-refractivity contribution in [2.75, 3.05) is 22.0 Å². The molecule has 1 aromatic heterocycles. The summed E-state index contributed by atoms with van der Waals surface area (Å²) in [7, 11) is -3.39. The lowest BCUT2D eigenvalue weighted by Crippen LogP contribution is -2.36. The smallest absolute Gasteiger partial charge is 0.254 e. The Morgan fingerprint density at radius 2 is 2.08 bits per heavy atom. The number of nitrogens with one attached hydrogen (secondary N) is 2. The second-order valence-electron chi connectivity index (χ2n) is 5.63. The maximum absolute atomic E-state index is 12.5. The van der Waals surface area contributed by atoms with Gasteiger partial charge in [-0.3, -0.25) is 18.9 Å². The molecule has 10 heteroatoms. The van der Waals surface area contributed by atoms with Crippen LogP contribution in [0.3, 0.4) is 0 Å². The number of nitrogens with zero attached hydrogens (tertiary/aromatic N) is 2. The number of hydrogen-bond acceptors (Lipinski definition) is 6. The summed E-state index contributed by atoms with van der Waals surface area (Å²) in [5, 5.41) is 3.37. The van der Waals surface area contributed by atoms with E-state index >= 15 is 0 Å². The lowest BCUT2D eigenvalue weighted by Gasteiger charge is -2.23. The van der Waals surface area contributed by atoms with Crippen LogP contribution >= 0.6 is 11.8 Å². The summed E-state index contributed by atoms with van der Waals surface area (Å²) in [6, 6.07) is 7.81. The fourth-order valence-electron chi connectivity index (χ4n) is 2.43. The highest BCUT2D eigenvalue weighted by molar-refractivity contribution is 7.99. The summed E-state index contributed by atoms with van der Waals surface area (Å²) in [5.41, 5.74) is 0.659. The first kappa shape index (κ1) is 17.5. The van der Waals surface area contributed by atoms with Crippen LogP contribution in [0.1, 0.15) is 0 Å². The molecule has 132 valence electrons. The number of anilines is 2. The van der Waals surface area contributed by atoms with E-state index in [1.807, 2.05) is 0 Å². The number of sulfonamides is 1. The van der Waals surface area contributed by atoms with E-state index in [9.17, 15) is 18.0 Å². The highest BCUT2D eigenvalue weighted by atomic mass is 32.2. The molecule has 1 unspecified atom stereocenters. The molecule has 1 aliphatic rings. The second-order valence-corrected chi connectivity index (χ2v) is 8.36. The molecule has 0 aliphatic carbocycles. The van der Waals surface area contributed by atoms with Gasteiger partial charge in [-0.15, -0.1) is 0 Å². The first-order valence-corrected chi connectivity index (χ1v) is 10.3. The Morgan fingerprint density at radius 3 is 2.84 bits per heavy atom. The van der Waals surface area contributed by atoms with Crippen LogP contribution in [0.25, 0.3) is 0 Å². The third-order valence-corrected chi connectivity index (χ3v) is 5.28. The molecule has 0 radical (unpaired) electrons. The van der Waals surface area contributed by atoms with E-state index in [2.05, 4.69) is 15.0 Å². The van der Waals surface area contributed by atoms with E-state index in [1.165, 1.54) is 34.7 Å². The van der Waals surface area contributed by atoms with Crippen LogP contribution in [0.2, 0.25) is 0 Å². The largest absolute Gasteiger partial charge is 0.326 e. The van der Waals surface area contributed by atoms with Crippen molar-refractivity contribution in [3.63, 3.8) is 0 Å². The number of carbonyl (C=O) groups excluding carboxylic acids is 1. The van der Waals surface area contributed by atoms with Crippen molar-refractivity contribution >= 4 is 39.1 Å². The number of aromatic nitrogens is 2. The molecule has 1 amide bonds.